The Labute approximate surface area is 147 Å². The molecular formula is C17H16BrNO3S. The Bertz CT molecular complexity index is 744. The zero-order valence-corrected chi connectivity index (χ0v) is 15.2. The van der Waals surface area contributed by atoms with Gasteiger partial charge in [0.15, 0.2) is 0 Å². The van der Waals surface area contributed by atoms with Gasteiger partial charge in [0, 0.05) is 21.7 Å². The van der Waals surface area contributed by atoms with Crippen molar-refractivity contribution < 1.29 is 14.3 Å². The highest BCUT2D eigenvalue weighted by atomic mass is 79.9. The number of carbonyl (C=O) groups is 2. The first-order valence-corrected chi connectivity index (χ1v) is 8.89. The zero-order chi connectivity index (χ0) is 16.6. The normalized spacial score (nSPS) is 20.8. The van der Waals surface area contributed by atoms with E-state index in [9.17, 15) is 9.59 Å². The van der Waals surface area contributed by atoms with Crippen LogP contribution < -0.4 is 4.90 Å². The Kier molecular flexibility index (Phi) is 4.55. The number of ether oxygens (including phenoxy) is 1. The van der Waals surface area contributed by atoms with Gasteiger partial charge in [-0.25, -0.2) is 4.79 Å². The van der Waals surface area contributed by atoms with Gasteiger partial charge in [-0.05, 0) is 52.0 Å². The van der Waals surface area contributed by atoms with Crippen LogP contribution in [0.2, 0.25) is 0 Å². The van der Waals surface area contributed by atoms with E-state index in [0.717, 1.165) is 14.9 Å². The summed E-state index contributed by atoms with van der Waals surface area (Å²) in [5, 5.41) is 1.96. The summed E-state index contributed by atoms with van der Waals surface area (Å²) >= 11 is 5.07. The van der Waals surface area contributed by atoms with Crippen LogP contribution in [0, 0.1) is 6.92 Å². The first-order chi connectivity index (χ1) is 11.0. The number of esters is 1. The van der Waals surface area contributed by atoms with Crippen molar-refractivity contribution in [3.63, 3.8) is 0 Å². The summed E-state index contributed by atoms with van der Waals surface area (Å²) in [6.07, 6.45) is 0.306. The Hall–Kier alpha value is -1.66. The van der Waals surface area contributed by atoms with E-state index in [4.69, 9.17) is 4.74 Å². The summed E-state index contributed by atoms with van der Waals surface area (Å²) in [5.41, 5.74) is 1.78. The van der Waals surface area contributed by atoms with Gasteiger partial charge >= 0.3 is 5.97 Å². The van der Waals surface area contributed by atoms with Gasteiger partial charge in [0.2, 0.25) is 5.91 Å². The van der Waals surface area contributed by atoms with Crippen LogP contribution in [-0.4, -0.2) is 25.0 Å². The number of rotatable bonds is 3. The minimum absolute atomic E-state index is 0.0663. The molecule has 1 aliphatic heterocycles. The third-order valence-electron chi connectivity index (χ3n) is 4.04. The number of anilines is 1. The number of amides is 1. The third kappa shape index (κ3) is 2.93. The molecule has 23 heavy (non-hydrogen) atoms. The Morgan fingerprint density at radius 2 is 2.17 bits per heavy atom. The molecule has 3 rings (SSSR count). The highest BCUT2D eigenvalue weighted by Crippen LogP contribution is 2.42. The molecule has 0 unspecified atom stereocenters. The smallest absolute Gasteiger partial charge is 0.329 e. The molecule has 2 aromatic rings. The summed E-state index contributed by atoms with van der Waals surface area (Å²) < 4.78 is 5.78. The monoisotopic (exact) mass is 393 g/mol. The van der Waals surface area contributed by atoms with E-state index in [1.807, 2.05) is 42.6 Å². The van der Waals surface area contributed by atoms with Gasteiger partial charge in [-0.15, -0.1) is 11.3 Å². The van der Waals surface area contributed by atoms with Crippen LogP contribution in [0.25, 0.3) is 0 Å². The van der Waals surface area contributed by atoms with Crippen LogP contribution in [0.3, 0.4) is 0 Å². The maximum Gasteiger partial charge on any atom is 0.329 e. The molecule has 1 fully saturated rings. The molecule has 120 valence electrons. The van der Waals surface area contributed by atoms with Gasteiger partial charge in [-0.3, -0.25) is 9.69 Å². The molecule has 2 heterocycles. The number of hydrogen-bond donors (Lipinski definition) is 0. The predicted molar refractivity (Wildman–Crippen MR) is 93.8 cm³/mol. The summed E-state index contributed by atoms with van der Waals surface area (Å²) in [6.45, 7) is 1.98. The number of methoxy groups -OCH3 is 1. The molecule has 0 bridgehead atoms. The number of carbonyl (C=O) groups excluding carboxylic acids is 2. The molecule has 1 aliphatic rings. The van der Waals surface area contributed by atoms with Crippen LogP contribution in [-0.2, 0) is 14.3 Å². The van der Waals surface area contributed by atoms with Crippen molar-refractivity contribution in [3.8, 4) is 0 Å². The molecule has 1 aromatic carbocycles. The van der Waals surface area contributed by atoms with Crippen molar-refractivity contribution in [2.75, 3.05) is 12.0 Å². The van der Waals surface area contributed by atoms with Gasteiger partial charge in [0.25, 0.3) is 0 Å². The lowest BCUT2D eigenvalue weighted by molar-refractivity contribution is -0.142. The predicted octanol–water partition coefficient (Wildman–Crippen LogP) is 3.88. The van der Waals surface area contributed by atoms with Crippen molar-refractivity contribution in [1.29, 1.82) is 0 Å². The maximum absolute atomic E-state index is 12.7. The number of halogens is 1. The van der Waals surface area contributed by atoms with Crippen LogP contribution in [0.5, 0.6) is 0 Å². The van der Waals surface area contributed by atoms with Gasteiger partial charge in [-0.2, -0.15) is 0 Å². The Morgan fingerprint density at radius 3 is 2.78 bits per heavy atom. The molecule has 4 nitrogen and oxygen atoms in total. The summed E-state index contributed by atoms with van der Waals surface area (Å²) in [7, 11) is 1.36. The lowest BCUT2D eigenvalue weighted by atomic mass is 9.98. The first kappa shape index (κ1) is 16.2. The second-order valence-corrected chi connectivity index (χ2v) is 7.35. The van der Waals surface area contributed by atoms with Crippen molar-refractivity contribution in [1.82, 2.24) is 0 Å². The topological polar surface area (TPSA) is 46.6 Å². The average molecular weight is 394 g/mol. The van der Waals surface area contributed by atoms with E-state index in [2.05, 4.69) is 15.9 Å². The molecular weight excluding hydrogens is 378 g/mol. The fraction of sp³-hybridized carbons (Fsp3) is 0.294. The molecule has 0 radical (unpaired) electrons. The number of hydrogen-bond acceptors (Lipinski definition) is 4. The molecule has 1 saturated heterocycles. The lowest BCUT2D eigenvalue weighted by Gasteiger charge is -2.26. The largest absolute Gasteiger partial charge is 0.467 e. The van der Waals surface area contributed by atoms with E-state index in [1.54, 1.807) is 16.2 Å². The van der Waals surface area contributed by atoms with Crippen LogP contribution in [0.15, 0.2) is 40.2 Å². The van der Waals surface area contributed by atoms with E-state index in [1.165, 1.54) is 7.11 Å². The average Bonchev–Trinajstić information content (AvgIpc) is 3.14. The summed E-state index contributed by atoms with van der Waals surface area (Å²) in [5.74, 6) is -0.631. The quantitative estimate of drug-likeness (QED) is 0.743. The highest BCUT2D eigenvalue weighted by molar-refractivity contribution is 9.10. The third-order valence-corrected chi connectivity index (χ3v) is 5.68. The molecule has 6 heteroatoms. The van der Waals surface area contributed by atoms with Crippen molar-refractivity contribution in [2.24, 2.45) is 0 Å². The van der Waals surface area contributed by atoms with Crippen molar-refractivity contribution in [3.05, 3.63) is 50.6 Å². The second-order valence-electron chi connectivity index (χ2n) is 5.51. The second kappa shape index (κ2) is 6.45. The molecule has 0 spiro atoms. The first-order valence-electron chi connectivity index (χ1n) is 7.22. The van der Waals surface area contributed by atoms with E-state index in [-0.39, 0.29) is 17.8 Å². The molecule has 0 saturated carbocycles. The minimum Gasteiger partial charge on any atom is -0.467 e. The minimum atomic E-state index is -0.634. The van der Waals surface area contributed by atoms with Gasteiger partial charge in [0.05, 0.1) is 12.8 Å². The molecule has 1 amide bonds. The summed E-state index contributed by atoms with van der Waals surface area (Å²) in [6, 6.07) is 9.00. The van der Waals surface area contributed by atoms with Gasteiger partial charge < -0.3 is 4.74 Å². The molecule has 1 aromatic heterocycles. The number of aryl methyl sites for hydroxylation is 1. The molecule has 0 N–H and O–H groups in total. The Balaban J connectivity index is 2.07. The lowest BCUT2D eigenvalue weighted by Crippen LogP contribution is -2.41. The maximum atomic E-state index is 12.7. The van der Waals surface area contributed by atoms with Crippen molar-refractivity contribution in [2.45, 2.75) is 25.3 Å². The van der Waals surface area contributed by atoms with Crippen LogP contribution >= 0.6 is 27.3 Å². The van der Waals surface area contributed by atoms with Gasteiger partial charge in [0.1, 0.15) is 6.04 Å². The van der Waals surface area contributed by atoms with E-state index >= 15 is 0 Å². The van der Waals surface area contributed by atoms with Crippen LogP contribution in [0.4, 0.5) is 5.69 Å². The zero-order valence-electron chi connectivity index (χ0n) is 12.8. The molecule has 0 aliphatic carbocycles. The number of benzene rings is 1. The number of nitrogens with zero attached hydrogens (tertiary/aromatic N) is 1. The molecule has 2 atom stereocenters. The van der Waals surface area contributed by atoms with Crippen molar-refractivity contribution >= 4 is 44.8 Å². The van der Waals surface area contributed by atoms with E-state index < -0.39 is 6.04 Å². The fourth-order valence-electron chi connectivity index (χ4n) is 2.97. The standard InChI is InChI=1S/C17H16BrNO3S/c1-10-5-6-13(12(18)8-10)19-15(20)9-11(14-4-3-7-23-14)16(19)17(21)22-2/h3-8,11,16H,9H2,1-2H3/t11-,16+/m1/s1. The Morgan fingerprint density at radius 1 is 1.39 bits per heavy atom. The SMILES string of the molecule is COC(=O)[C@@H]1[C@@H](c2cccs2)CC(=O)N1c1ccc(C)cc1Br. The van der Waals surface area contributed by atoms with Crippen LogP contribution in [0.1, 0.15) is 22.8 Å². The van der Waals surface area contributed by atoms with Gasteiger partial charge in [-0.1, -0.05) is 12.1 Å². The highest BCUT2D eigenvalue weighted by Gasteiger charge is 2.47. The fourth-order valence-corrected chi connectivity index (χ4v) is 4.52. The number of thiophene rings is 1. The summed E-state index contributed by atoms with van der Waals surface area (Å²) in [4.78, 5) is 27.6. The van der Waals surface area contributed by atoms with E-state index in [0.29, 0.717) is 12.1 Å².